The summed E-state index contributed by atoms with van der Waals surface area (Å²) in [7, 11) is 0. The molecule has 9 aromatic rings. The van der Waals surface area contributed by atoms with Crippen LogP contribution >= 0.6 is 0 Å². The largest absolute Gasteiger partial charge is 0.309 e. The van der Waals surface area contributed by atoms with Gasteiger partial charge in [0.2, 0.25) is 0 Å². The maximum absolute atomic E-state index is 5.15. The summed E-state index contributed by atoms with van der Waals surface area (Å²) in [5.41, 5.74) is 9.82. The van der Waals surface area contributed by atoms with E-state index in [1.165, 1.54) is 43.7 Å². The second-order valence-corrected chi connectivity index (χ2v) is 11.4. The first-order chi connectivity index (χ1) is 22.3. The molecule has 0 unspecified atom stereocenters. The molecule has 210 valence electrons. The van der Waals surface area contributed by atoms with Gasteiger partial charge in [0.25, 0.3) is 0 Å². The van der Waals surface area contributed by atoms with Crippen LogP contribution in [0.2, 0.25) is 0 Å². The van der Waals surface area contributed by atoms with Gasteiger partial charge in [0.05, 0.1) is 22.2 Å². The van der Waals surface area contributed by atoms with E-state index in [4.69, 9.17) is 9.97 Å². The summed E-state index contributed by atoms with van der Waals surface area (Å²) in [4.78, 5) is 10.2. The van der Waals surface area contributed by atoms with E-state index in [9.17, 15) is 0 Å². The molecule has 7 aromatic carbocycles. The van der Waals surface area contributed by atoms with Gasteiger partial charge in [-0.1, -0.05) is 121 Å². The molecule has 0 fully saturated rings. The van der Waals surface area contributed by atoms with Crippen LogP contribution in [0.15, 0.2) is 164 Å². The van der Waals surface area contributed by atoms with Crippen molar-refractivity contribution in [3.8, 4) is 39.5 Å². The molecule has 0 saturated heterocycles. The van der Waals surface area contributed by atoms with E-state index < -0.39 is 0 Å². The zero-order valence-electron chi connectivity index (χ0n) is 24.4. The summed E-state index contributed by atoms with van der Waals surface area (Å²) in [6.07, 6.45) is 0. The molecule has 3 nitrogen and oxygen atoms in total. The second kappa shape index (κ2) is 10.3. The summed E-state index contributed by atoms with van der Waals surface area (Å²) < 4.78 is 2.36. The third-order valence-corrected chi connectivity index (χ3v) is 8.81. The molecule has 0 bridgehead atoms. The average molecular weight is 574 g/mol. The zero-order chi connectivity index (χ0) is 29.7. The van der Waals surface area contributed by atoms with Gasteiger partial charge in [-0.05, 0) is 64.4 Å². The zero-order valence-corrected chi connectivity index (χ0v) is 24.4. The highest BCUT2D eigenvalue weighted by Crippen LogP contribution is 2.37. The molecule has 0 radical (unpaired) electrons. The van der Waals surface area contributed by atoms with Crippen molar-refractivity contribution in [1.82, 2.24) is 14.5 Å². The lowest BCUT2D eigenvalue weighted by Crippen LogP contribution is -1.97. The minimum absolute atomic E-state index is 0.718. The molecule has 2 aromatic heterocycles. The Morgan fingerprint density at radius 1 is 0.378 bits per heavy atom. The highest BCUT2D eigenvalue weighted by Gasteiger charge is 2.16. The van der Waals surface area contributed by atoms with Gasteiger partial charge in [0.1, 0.15) is 0 Å². The number of hydrogen-bond acceptors (Lipinski definition) is 2. The summed E-state index contributed by atoms with van der Waals surface area (Å²) in [6, 6.07) is 57.8. The van der Waals surface area contributed by atoms with Crippen LogP contribution in [0.25, 0.3) is 82.9 Å². The van der Waals surface area contributed by atoms with E-state index >= 15 is 0 Å². The molecule has 9 rings (SSSR count). The summed E-state index contributed by atoms with van der Waals surface area (Å²) in [5, 5.41) is 6.11. The topological polar surface area (TPSA) is 30.7 Å². The fourth-order valence-corrected chi connectivity index (χ4v) is 6.65. The van der Waals surface area contributed by atoms with Crippen molar-refractivity contribution in [3.05, 3.63) is 164 Å². The number of fused-ring (bicyclic) bond motifs is 6. The Morgan fingerprint density at radius 3 is 1.82 bits per heavy atom. The molecule has 0 atom stereocenters. The number of nitrogens with zero attached hydrogens (tertiary/aromatic N) is 3. The van der Waals surface area contributed by atoms with Gasteiger partial charge < -0.3 is 4.57 Å². The van der Waals surface area contributed by atoms with Gasteiger partial charge in [-0.15, -0.1) is 0 Å². The second-order valence-electron chi connectivity index (χ2n) is 11.4. The normalized spacial score (nSPS) is 11.6. The molecular weight excluding hydrogens is 546 g/mol. The van der Waals surface area contributed by atoms with E-state index in [0.717, 1.165) is 39.2 Å². The van der Waals surface area contributed by atoms with Crippen LogP contribution < -0.4 is 0 Å². The maximum atomic E-state index is 5.15. The smallest absolute Gasteiger partial charge is 0.160 e. The molecular formula is C42H27N3. The number of aromatic nitrogens is 3. The van der Waals surface area contributed by atoms with Gasteiger partial charge in [0.15, 0.2) is 5.82 Å². The average Bonchev–Trinajstić information content (AvgIpc) is 3.46. The monoisotopic (exact) mass is 573 g/mol. The third-order valence-electron chi connectivity index (χ3n) is 8.81. The molecule has 0 aliphatic carbocycles. The molecule has 2 heterocycles. The number of benzene rings is 7. The minimum Gasteiger partial charge on any atom is -0.309 e. The Labute approximate surface area is 260 Å². The van der Waals surface area contributed by atoms with Gasteiger partial charge in [-0.2, -0.15) is 0 Å². The SMILES string of the molecule is c1ccc(-c2ccc(-c3nc(-c4ccc(-n5c6ccccc6c6c7ccccc7ccc65)cc4)nc4ccccc34)cc2)cc1. The number of hydrogen-bond donors (Lipinski definition) is 0. The van der Waals surface area contributed by atoms with E-state index in [2.05, 4.69) is 156 Å². The van der Waals surface area contributed by atoms with Crippen molar-refractivity contribution >= 4 is 43.5 Å². The summed E-state index contributed by atoms with van der Waals surface area (Å²) >= 11 is 0. The van der Waals surface area contributed by atoms with Crippen LogP contribution in [0.4, 0.5) is 0 Å². The lowest BCUT2D eigenvalue weighted by molar-refractivity contribution is 1.17. The highest BCUT2D eigenvalue weighted by atomic mass is 15.0. The predicted octanol–water partition coefficient (Wildman–Crippen LogP) is 10.9. The van der Waals surface area contributed by atoms with Crippen molar-refractivity contribution < 1.29 is 0 Å². The van der Waals surface area contributed by atoms with E-state index in [0.29, 0.717) is 0 Å². The van der Waals surface area contributed by atoms with Crippen molar-refractivity contribution in [2.45, 2.75) is 0 Å². The Kier molecular flexibility index (Phi) is 5.82. The Morgan fingerprint density at radius 2 is 1.00 bits per heavy atom. The van der Waals surface area contributed by atoms with E-state index in [-0.39, 0.29) is 0 Å². The molecule has 0 amide bonds. The van der Waals surface area contributed by atoms with Gasteiger partial charge in [-0.25, -0.2) is 9.97 Å². The predicted molar refractivity (Wildman–Crippen MR) is 188 cm³/mol. The molecule has 0 saturated carbocycles. The van der Waals surface area contributed by atoms with Gasteiger partial charge in [-0.3, -0.25) is 0 Å². The molecule has 0 aliphatic heterocycles. The molecule has 0 aliphatic rings. The Hall–Kier alpha value is -6.06. The molecule has 0 N–H and O–H groups in total. The fraction of sp³-hybridized carbons (Fsp3) is 0. The highest BCUT2D eigenvalue weighted by molar-refractivity contribution is 6.21. The van der Waals surface area contributed by atoms with Gasteiger partial charge >= 0.3 is 0 Å². The van der Waals surface area contributed by atoms with Crippen molar-refractivity contribution in [2.75, 3.05) is 0 Å². The first-order valence-electron chi connectivity index (χ1n) is 15.3. The Bertz CT molecular complexity index is 2510. The minimum atomic E-state index is 0.718. The van der Waals surface area contributed by atoms with Gasteiger partial charge in [0, 0.05) is 33.0 Å². The van der Waals surface area contributed by atoms with Crippen molar-refractivity contribution in [2.24, 2.45) is 0 Å². The van der Waals surface area contributed by atoms with E-state index in [1.807, 2.05) is 12.1 Å². The van der Waals surface area contributed by atoms with Crippen molar-refractivity contribution in [1.29, 1.82) is 0 Å². The number of rotatable bonds is 4. The van der Waals surface area contributed by atoms with Crippen LogP contribution in [0, 0.1) is 0 Å². The standard InChI is InChI=1S/C42H27N3/c1-2-10-28(11-3-1)29-18-20-31(21-19-29)41-35-14-6-8-16-37(35)43-42(44-41)32-22-25-33(26-23-32)45-38-17-9-7-15-36(38)40-34-13-5-4-12-30(34)24-27-39(40)45/h1-27H. The summed E-state index contributed by atoms with van der Waals surface area (Å²) in [6.45, 7) is 0. The quantitative estimate of drug-likeness (QED) is 0.210. The molecule has 3 heteroatoms. The molecule has 0 spiro atoms. The lowest BCUT2D eigenvalue weighted by atomic mass is 10.0. The van der Waals surface area contributed by atoms with Crippen LogP contribution in [0.3, 0.4) is 0 Å². The maximum Gasteiger partial charge on any atom is 0.160 e. The first-order valence-corrected chi connectivity index (χ1v) is 15.3. The van der Waals surface area contributed by atoms with Crippen LogP contribution in [0.5, 0.6) is 0 Å². The van der Waals surface area contributed by atoms with Crippen LogP contribution in [-0.2, 0) is 0 Å². The van der Waals surface area contributed by atoms with Crippen LogP contribution in [0.1, 0.15) is 0 Å². The third kappa shape index (κ3) is 4.21. The first kappa shape index (κ1) is 25.4. The lowest BCUT2D eigenvalue weighted by Gasteiger charge is -2.12. The van der Waals surface area contributed by atoms with Crippen molar-refractivity contribution in [3.63, 3.8) is 0 Å². The Balaban J connectivity index is 1.16. The number of para-hydroxylation sites is 2. The summed E-state index contributed by atoms with van der Waals surface area (Å²) in [5.74, 6) is 0.718. The molecule has 45 heavy (non-hydrogen) atoms. The van der Waals surface area contributed by atoms with Crippen LogP contribution in [-0.4, -0.2) is 14.5 Å². The fourth-order valence-electron chi connectivity index (χ4n) is 6.65. The van der Waals surface area contributed by atoms with E-state index in [1.54, 1.807) is 0 Å².